The Balaban J connectivity index is 2.86. The van der Waals surface area contributed by atoms with Crippen molar-refractivity contribution in [2.45, 2.75) is 6.17 Å². The van der Waals surface area contributed by atoms with E-state index in [2.05, 4.69) is 10.7 Å². The van der Waals surface area contributed by atoms with Gasteiger partial charge in [-0.05, 0) is 24.7 Å². The van der Waals surface area contributed by atoms with E-state index in [4.69, 9.17) is 10.6 Å². The summed E-state index contributed by atoms with van der Waals surface area (Å²) in [5.41, 5.74) is 3.70. The van der Waals surface area contributed by atoms with Crippen molar-refractivity contribution in [3.05, 3.63) is 29.8 Å². The maximum atomic E-state index is 5.35. The van der Waals surface area contributed by atoms with Crippen molar-refractivity contribution in [2.75, 3.05) is 14.2 Å². The van der Waals surface area contributed by atoms with Gasteiger partial charge in [-0.2, -0.15) is 0 Å². The van der Waals surface area contributed by atoms with Gasteiger partial charge in [-0.25, -0.2) is 5.43 Å². The molecule has 13 heavy (non-hydrogen) atoms. The zero-order valence-corrected chi connectivity index (χ0v) is 7.87. The molecule has 1 unspecified atom stereocenters. The van der Waals surface area contributed by atoms with Gasteiger partial charge in [0, 0.05) is 0 Å². The molecule has 0 spiro atoms. The molecule has 0 amide bonds. The smallest absolute Gasteiger partial charge is 0.119 e. The highest BCUT2D eigenvalue weighted by Crippen LogP contribution is 2.16. The summed E-state index contributed by atoms with van der Waals surface area (Å²) in [4.78, 5) is 0. The van der Waals surface area contributed by atoms with E-state index in [1.54, 1.807) is 7.11 Å². The second-order valence-electron chi connectivity index (χ2n) is 2.66. The van der Waals surface area contributed by atoms with Crippen molar-refractivity contribution < 1.29 is 4.74 Å². The highest BCUT2D eigenvalue weighted by atomic mass is 16.5. The van der Waals surface area contributed by atoms with Crippen LogP contribution in [0.1, 0.15) is 11.7 Å². The van der Waals surface area contributed by atoms with E-state index in [1.807, 2.05) is 31.3 Å². The van der Waals surface area contributed by atoms with E-state index in [-0.39, 0.29) is 6.17 Å². The van der Waals surface area contributed by atoms with Crippen LogP contribution in [0.3, 0.4) is 0 Å². The van der Waals surface area contributed by atoms with Crippen molar-refractivity contribution in [3.63, 3.8) is 0 Å². The minimum absolute atomic E-state index is 0.0462. The third kappa shape index (κ3) is 2.42. The predicted octanol–water partition coefficient (Wildman–Crippen LogP) is 0.376. The van der Waals surface area contributed by atoms with Crippen molar-refractivity contribution in [2.24, 2.45) is 5.84 Å². The molecule has 0 aromatic heterocycles. The molecule has 0 aliphatic rings. The summed E-state index contributed by atoms with van der Waals surface area (Å²) >= 11 is 0. The van der Waals surface area contributed by atoms with Gasteiger partial charge in [-0.1, -0.05) is 12.1 Å². The number of benzene rings is 1. The lowest BCUT2D eigenvalue weighted by Gasteiger charge is -2.15. The van der Waals surface area contributed by atoms with Gasteiger partial charge in [0.05, 0.1) is 13.3 Å². The van der Waals surface area contributed by atoms with Gasteiger partial charge in [-0.15, -0.1) is 0 Å². The fraction of sp³-hybridized carbons (Fsp3) is 0.333. The summed E-state index contributed by atoms with van der Waals surface area (Å²) in [7, 11) is 3.48. The molecule has 4 heteroatoms. The SMILES string of the molecule is CNC(NN)c1cccc(OC)c1. The quantitative estimate of drug-likeness (QED) is 0.357. The molecule has 4 nitrogen and oxygen atoms in total. The summed E-state index contributed by atoms with van der Waals surface area (Å²) < 4.78 is 5.10. The molecule has 0 saturated carbocycles. The van der Waals surface area contributed by atoms with Crippen LogP contribution in [-0.4, -0.2) is 14.2 Å². The number of nitrogens with two attached hydrogens (primary N) is 1. The van der Waals surface area contributed by atoms with E-state index in [1.165, 1.54) is 0 Å². The normalized spacial score (nSPS) is 12.5. The minimum Gasteiger partial charge on any atom is -0.497 e. The largest absolute Gasteiger partial charge is 0.497 e. The van der Waals surface area contributed by atoms with Crippen LogP contribution in [0.4, 0.5) is 0 Å². The number of hydrogen-bond acceptors (Lipinski definition) is 4. The predicted molar refractivity (Wildman–Crippen MR) is 52.1 cm³/mol. The Bertz CT molecular complexity index is 261. The minimum atomic E-state index is -0.0462. The van der Waals surface area contributed by atoms with Crippen LogP contribution in [0.2, 0.25) is 0 Å². The standard InChI is InChI=1S/C9H15N3O/c1-11-9(12-10)7-4-3-5-8(6-7)13-2/h3-6,9,11-12H,10H2,1-2H3. The van der Waals surface area contributed by atoms with E-state index in [9.17, 15) is 0 Å². The van der Waals surface area contributed by atoms with Gasteiger partial charge < -0.3 is 10.1 Å². The van der Waals surface area contributed by atoms with Gasteiger partial charge in [0.25, 0.3) is 0 Å². The molecule has 1 aromatic rings. The highest BCUT2D eigenvalue weighted by Gasteiger charge is 2.06. The third-order valence-electron chi connectivity index (χ3n) is 1.88. The molecule has 0 aliphatic carbocycles. The molecule has 1 aromatic carbocycles. The van der Waals surface area contributed by atoms with Crippen LogP contribution >= 0.6 is 0 Å². The number of methoxy groups -OCH3 is 1. The molecule has 4 N–H and O–H groups in total. The van der Waals surface area contributed by atoms with E-state index in [0.29, 0.717) is 0 Å². The van der Waals surface area contributed by atoms with Crippen molar-refractivity contribution in [1.29, 1.82) is 0 Å². The molecule has 1 atom stereocenters. The molecule has 0 radical (unpaired) electrons. The number of hydrogen-bond donors (Lipinski definition) is 3. The maximum absolute atomic E-state index is 5.35. The Hall–Kier alpha value is -1.10. The Labute approximate surface area is 78.0 Å². The van der Waals surface area contributed by atoms with Gasteiger partial charge >= 0.3 is 0 Å². The molecule has 0 bridgehead atoms. The van der Waals surface area contributed by atoms with Crippen LogP contribution in [0, 0.1) is 0 Å². The maximum Gasteiger partial charge on any atom is 0.119 e. The average molecular weight is 181 g/mol. The van der Waals surface area contributed by atoms with E-state index >= 15 is 0 Å². The van der Waals surface area contributed by atoms with Crippen LogP contribution in [0.15, 0.2) is 24.3 Å². The first-order chi connectivity index (χ1) is 6.31. The second kappa shape index (κ2) is 4.81. The summed E-state index contributed by atoms with van der Waals surface area (Å²) in [6.07, 6.45) is -0.0462. The zero-order chi connectivity index (χ0) is 9.68. The lowest BCUT2D eigenvalue weighted by molar-refractivity contribution is 0.411. The number of hydrazine groups is 1. The highest BCUT2D eigenvalue weighted by molar-refractivity contribution is 5.30. The summed E-state index contributed by atoms with van der Waals surface area (Å²) in [6.45, 7) is 0. The zero-order valence-electron chi connectivity index (χ0n) is 7.87. The third-order valence-corrected chi connectivity index (χ3v) is 1.88. The number of nitrogens with one attached hydrogen (secondary N) is 2. The van der Waals surface area contributed by atoms with Crippen molar-refractivity contribution >= 4 is 0 Å². The summed E-state index contributed by atoms with van der Waals surface area (Å²) in [5, 5.41) is 3.03. The van der Waals surface area contributed by atoms with Crippen LogP contribution in [0.25, 0.3) is 0 Å². The lowest BCUT2D eigenvalue weighted by atomic mass is 10.1. The van der Waals surface area contributed by atoms with Crippen LogP contribution in [0.5, 0.6) is 5.75 Å². The number of rotatable bonds is 4. The fourth-order valence-electron chi connectivity index (χ4n) is 1.17. The Morgan fingerprint density at radius 2 is 2.23 bits per heavy atom. The average Bonchev–Trinajstić information content (AvgIpc) is 2.20. The van der Waals surface area contributed by atoms with Gasteiger partial charge in [-0.3, -0.25) is 5.84 Å². The molecule has 0 fully saturated rings. The Morgan fingerprint density at radius 3 is 2.77 bits per heavy atom. The molecule has 0 saturated heterocycles. The topological polar surface area (TPSA) is 59.3 Å². The monoisotopic (exact) mass is 181 g/mol. The van der Waals surface area contributed by atoms with Crippen LogP contribution < -0.4 is 21.3 Å². The van der Waals surface area contributed by atoms with E-state index < -0.39 is 0 Å². The molecule has 1 rings (SSSR count). The van der Waals surface area contributed by atoms with Crippen molar-refractivity contribution in [3.8, 4) is 5.75 Å². The van der Waals surface area contributed by atoms with Gasteiger partial charge in [0.1, 0.15) is 5.75 Å². The first kappa shape index (κ1) is 9.98. The Morgan fingerprint density at radius 1 is 1.46 bits per heavy atom. The van der Waals surface area contributed by atoms with Crippen LogP contribution in [-0.2, 0) is 0 Å². The summed E-state index contributed by atoms with van der Waals surface area (Å²) in [6, 6.07) is 7.73. The molecule has 0 aliphatic heterocycles. The second-order valence-corrected chi connectivity index (χ2v) is 2.66. The first-order valence-corrected chi connectivity index (χ1v) is 4.09. The fourth-order valence-corrected chi connectivity index (χ4v) is 1.17. The first-order valence-electron chi connectivity index (χ1n) is 4.09. The molecular weight excluding hydrogens is 166 g/mol. The Kier molecular flexibility index (Phi) is 3.70. The lowest BCUT2D eigenvalue weighted by Crippen LogP contribution is -2.36. The van der Waals surface area contributed by atoms with Gasteiger partial charge in [0.15, 0.2) is 0 Å². The van der Waals surface area contributed by atoms with Gasteiger partial charge in [0.2, 0.25) is 0 Å². The summed E-state index contributed by atoms with van der Waals surface area (Å²) in [5.74, 6) is 6.18. The van der Waals surface area contributed by atoms with Crippen molar-refractivity contribution in [1.82, 2.24) is 10.7 Å². The number of ether oxygens (including phenoxy) is 1. The van der Waals surface area contributed by atoms with E-state index in [0.717, 1.165) is 11.3 Å². The molecule has 72 valence electrons. The molecule has 0 heterocycles. The molecular formula is C9H15N3O.